The molecular weight excluding hydrogens is 725 g/mol. The number of fused-ring (bicyclic) bond motifs is 4. The van der Waals surface area contributed by atoms with Crippen molar-refractivity contribution < 1.29 is 19.8 Å². The lowest BCUT2D eigenvalue weighted by Gasteiger charge is -2.23. The SMILES string of the molecule is CN(C)C=O.CN(C)C=O.OC(C#CC(O)(c1cc2ccccc2s1)c1cc2ccccc2s1)(c1cc2ccccc2s1)c1cc2ccccc2s1. The number of hydrogen-bond acceptors (Lipinski definition) is 8. The van der Waals surface area contributed by atoms with Gasteiger partial charge in [0.1, 0.15) is 0 Å². The van der Waals surface area contributed by atoms with Gasteiger partial charge >= 0.3 is 0 Å². The summed E-state index contributed by atoms with van der Waals surface area (Å²) in [5, 5.41) is 29.5. The maximum atomic E-state index is 12.6. The predicted molar refractivity (Wildman–Crippen MR) is 221 cm³/mol. The fraction of sp³-hybridized carbons (Fsp3) is 0.143. The van der Waals surface area contributed by atoms with Crippen molar-refractivity contribution in [2.45, 2.75) is 11.2 Å². The summed E-state index contributed by atoms with van der Waals surface area (Å²) in [4.78, 5) is 24.7. The van der Waals surface area contributed by atoms with E-state index in [0.717, 1.165) is 72.7 Å². The van der Waals surface area contributed by atoms with Crippen molar-refractivity contribution in [3.8, 4) is 11.8 Å². The first kappa shape index (κ1) is 36.9. The Kier molecular flexibility index (Phi) is 11.2. The lowest BCUT2D eigenvalue weighted by molar-refractivity contribution is -0.116. The van der Waals surface area contributed by atoms with Crippen LogP contribution in [0.3, 0.4) is 0 Å². The highest BCUT2D eigenvalue weighted by molar-refractivity contribution is 7.21. The molecule has 0 aliphatic carbocycles. The molecule has 2 amide bonds. The van der Waals surface area contributed by atoms with Gasteiger partial charge in [-0.3, -0.25) is 9.59 Å². The molecule has 8 rings (SSSR count). The first-order valence-electron chi connectivity index (χ1n) is 16.2. The maximum absolute atomic E-state index is 12.6. The summed E-state index contributed by atoms with van der Waals surface area (Å²) in [7, 11) is 6.75. The Labute approximate surface area is 318 Å². The molecule has 0 saturated heterocycles. The minimum absolute atomic E-state index is 0.734. The largest absolute Gasteiger partial charge is 0.368 e. The summed E-state index contributed by atoms with van der Waals surface area (Å²) in [6, 6.07) is 40.6. The highest BCUT2D eigenvalue weighted by Crippen LogP contribution is 2.45. The Morgan fingerprint density at radius 3 is 0.865 bits per heavy atom. The molecule has 0 bridgehead atoms. The average Bonchev–Trinajstić information content (AvgIpc) is 3.98. The highest BCUT2D eigenvalue weighted by Gasteiger charge is 2.38. The summed E-state index contributed by atoms with van der Waals surface area (Å²) >= 11 is 6.15. The molecule has 0 spiro atoms. The topological polar surface area (TPSA) is 81.1 Å². The minimum Gasteiger partial charge on any atom is -0.368 e. The van der Waals surface area contributed by atoms with Crippen molar-refractivity contribution in [1.29, 1.82) is 0 Å². The number of hydrogen-bond donors (Lipinski definition) is 2. The van der Waals surface area contributed by atoms with Gasteiger partial charge < -0.3 is 20.0 Å². The second-order valence-electron chi connectivity index (χ2n) is 12.4. The normalized spacial score (nSPS) is 11.3. The van der Waals surface area contributed by atoms with E-state index in [4.69, 9.17) is 0 Å². The Hall–Kier alpha value is -4.86. The third-order valence-electron chi connectivity index (χ3n) is 7.97. The summed E-state index contributed by atoms with van der Waals surface area (Å²) in [5.74, 6) is 6.53. The minimum atomic E-state index is -1.62. The van der Waals surface area contributed by atoms with Crippen LogP contribution in [0, 0.1) is 11.8 Å². The number of amides is 2. The van der Waals surface area contributed by atoms with Gasteiger partial charge in [0.2, 0.25) is 12.8 Å². The molecule has 10 heteroatoms. The van der Waals surface area contributed by atoms with Crippen LogP contribution in [0.5, 0.6) is 0 Å². The van der Waals surface area contributed by atoms with E-state index in [0.29, 0.717) is 0 Å². The van der Waals surface area contributed by atoms with Gasteiger partial charge in [-0.2, -0.15) is 0 Å². The molecule has 0 radical (unpaired) electrons. The molecule has 8 aromatic rings. The molecule has 2 N–H and O–H groups in total. The number of carbonyl (C=O) groups excluding carboxylic acids is 2. The number of rotatable bonds is 6. The third-order valence-corrected chi connectivity index (χ3v) is 12.9. The smallest absolute Gasteiger partial charge is 0.209 e. The van der Waals surface area contributed by atoms with Crippen LogP contribution in [0.15, 0.2) is 121 Å². The lowest BCUT2D eigenvalue weighted by atomic mass is 9.94. The lowest BCUT2D eigenvalue weighted by Crippen LogP contribution is -2.27. The van der Waals surface area contributed by atoms with Crippen molar-refractivity contribution >= 4 is 98.5 Å². The van der Waals surface area contributed by atoms with E-state index in [2.05, 4.69) is 60.4 Å². The van der Waals surface area contributed by atoms with Crippen molar-refractivity contribution in [2.75, 3.05) is 28.2 Å². The van der Waals surface area contributed by atoms with Gasteiger partial charge in [0.25, 0.3) is 0 Å². The number of aliphatic hydroxyl groups is 2. The second-order valence-corrected chi connectivity index (χ2v) is 16.7. The molecular formula is C42H36N2O4S4. The van der Waals surface area contributed by atoms with Crippen LogP contribution in [0.1, 0.15) is 19.5 Å². The van der Waals surface area contributed by atoms with Gasteiger partial charge in [-0.1, -0.05) is 84.6 Å². The van der Waals surface area contributed by atoms with E-state index < -0.39 is 11.2 Å². The number of nitrogens with zero attached hydrogens (tertiary/aromatic N) is 2. The monoisotopic (exact) mass is 760 g/mol. The van der Waals surface area contributed by atoms with Crippen molar-refractivity contribution in [1.82, 2.24) is 9.80 Å². The fourth-order valence-electron chi connectivity index (χ4n) is 5.31. The van der Waals surface area contributed by atoms with Crippen LogP contribution in [0.25, 0.3) is 40.3 Å². The second kappa shape index (κ2) is 15.8. The van der Waals surface area contributed by atoms with Gasteiger partial charge in [0.05, 0.1) is 19.5 Å². The number of carbonyl (C=O) groups is 2. The molecule has 52 heavy (non-hydrogen) atoms. The summed E-state index contributed by atoms with van der Waals surface area (Å²) in [6.07, 6.45) is 1.50. The van der Waals surface area contributed by atoms with Crippen LogP contribution in [0.2, 0.25) is 0 Å². The maximum Gasteiger partial charge on any atom is 0.209 e. The average molecular weight is 761 g/mol. The fourth-order valence-corrected chi connectivity index (χ4v) is 9.93. The van der Waals surface area contributed by atoms with Crippen LogP contribution in [-0.4, -0.2) is 61.0 Å². The van der Waals surface area contributed by atoms with Crippen molar-refractivity contribution in [3.05, 3.63) is 141 Å². The molecule has 0 aliphatic rings. The van der Waals surface area contributed by atoms with E-state index in [-0.39, 0.29) is 0 Å². The Bertz CT molecular complexity index is 2090. The Morgan fingerprint density at radius 1 is 0.462 bits per heavy atom. The molecule has 0 aliphatic heterocycles. The van der Waals surface area contributed by atoms with E-state index in [1.54, 1.807) is 28.2 Å². The summed E-state index contributed by atoms with van der Waals surface area (Å²) in [5.41, 5.74) is -3.23. The van der Waals surface area contributed by atoms with Crippen LogP contribution in [0.4, 0.5) is 0 Å². The molecule has 4 heterocycles. The summed E-state index contributed by atoms with van der Waals surface area (Å²) in [6.45, 7) is 0. The zero-order valence-electron chi connectivity index (χ0n) is 28.9. The van der Waals surface area contributed by atoms with Gasteiger partial charge in [-0.25, -0.2) is 0 Å². The molecule has 4 aromatic carbocycles. The zero-order chi connectivity index (χ0) is 36.9. The quantitative estimate of drug-likeness (QED) is 0.131. The molecule has 262 valence electrons. The standard InChI is InChI=1S/C36H22O2S4.2C3H7NO/c37-35(31-19-23-9-1-5-13-27(23)39-31,32-20-24-10-2-6-14-28(24)40-32)17-18-36(38,33-21-25-11-3-7-15-29(25)41-33)34-22-26-12-4-8-16-30(26)42-34;2*1-4(2)3-5/h1-16,19-22,37-38H;2*3H,1-2H3. The summed E-state index contributed by atoms with van der Waals surface area (Å²) < 4.78 is 4.33. The zero-order valence-corrected chi connectivity index (χ0v) is 32.2. The molecule has 6 nitrogen and oxygen atoms in total. The highest BCUT2D eigenvalue weighted by atomic mass is 32.1. The third kappa shape index (κ3) is 7.81. The first-order valence-corrected chi connectivity index (χ1v) is 19.5. The van der Waals surface area contributed by atoms with E-state index in [1.165, 1.54) is 55.1 Å². The van der Waals surface area contributed by atoms with Gasteiger partial charge in [-0.15, -0.1) is 45.3 Å². The van der Waals surface area contributed by atoms with E-state index >= 15 is 0 Å². The number of benzene rings is 4. The molecule has 0 saturated carbocycles. The number of thiophene rings is 4. The molecule has 4 aromatic heterocycles. The predicted octanol–water partition coefficient (Wildman–Crippen LogP) is 9.13. The van der Waals surface area contributed by atoms with Gasteiger partial charge in [0.15, 0.2) is 11.2 Å². The Balaban J connectivity index is 0.000000413. The van der Waals surface area contributed by atoms with Gasteiger partial charge in [-0.05, 0) is 70.1 Å². The van der Waals surface area contributed by atoms with Crippen molar-refractivity contribution in [2.24, 2.45) is 0 Å². The van der Waals surface area contributed by atoms with E-state index in [9.17, 15) is 19.8 Å². The molecule has 0 atom stereocenters. The van der Waals surface area contributed by atoms with Crippen LogP contribution >= 0.6 is 45.3 Å². The van der Waals surface area contributed by atoms with E-state index in [1.807, 2.05) is 72.8 Å². The van der Waals surface area contributed by atoms with Crippen LogP contribution < -0.4 is 0 Å². The van der Waals surface area contributed by atoms with Gasteiger partial charge in [0, 0.05) is 47.0 Å². The molecule has 0 unspecified atom stereocenters. The van der Waals surface area contributed by atoms with Crippen LogP contribution in [-0.2, 0) is 20.8 Å². The first-order chi connectivity index (χ1) is 25.0. The van der Waals surface area contributed by atoms with Crippen molar-refractivity contribution in [3.63, 3.8) is 0 Å². The molecule has 0 fully saturated rings. The Morgan fingerprint density at radius 2 is 0.673 bits per heavy atom.